The van der Waals surface area contributed by atoms with Crippen LogP contribution in [0.4, 0.5) is 4.79 Å². The van der Waals surface area contributed by atoms with Crippen LogP contribution in [0.2, 0.25) is 0 Å². The molecule has 2 heterocycles. The third kappa shape index (κ3) is 4.59. The number of rotatable bonds is 4. The van der Waals surface area contributed by atoms with E-state index in [1.54, 1.807) is 27.7 Å². The van der Waals surface area contributed by atoms with E-state index < -0.39 is 47.0 Å². The molecule has 0 spiro atoms. The number of hydrogen-bond acceptors (Lipinski definition) is 5. The number of amides is 3. The van der Waals surface area contributed by atoms with Crippen LogP contribution in [0, 0.1) is 5.41 Å². The second-order valence-electron chi connectivity index (χ2n) is 9.20. The SMILES string of the molecule is CC1(c2ccc(Br)cc2)NC(C2C[C@@H](O)CN2C(=O)C(NC(=O)O)C(C)(C)C)=NC1=O. The average Bonchev–Trinajstić information content (AvgIpc) is 3.19. The van der Waals surface area contributed by atoms with Crippen molar-refractivity contribution in [3.05, 3.63) is 34.3 Å². The lowest BCUT2D eigenvalue weighted by molar-refractivity contribution is -0.136. The van der Waals surface area contributed by atoms with Gasteiger partial charge in [-0.2, -0.15) is 4.99 Å². The number of aliphatic hydroxyl groups excluding tert-OH is 1. The number of nitrogens with one attached hydrogen (secondary N) is 2. The molecule has 9 nitrogen and oxygen atoms in total. The minimum atomic E-state index is -1.31. The van der Waals surface area contributed by atoms with E-state index in [2.05, 4.69) is 31.6 Å². The number of carboxylic acid groups (broad SMARTS) is 1. The van der Waals surface area contributed by atoms with Crippen LogP contribution in [0.5, 0.6) is 0 Å². The lowest BCUT2D eigenvalue weighted by Gasteiger charge is -2.35. The van der Waals surface area contributed by atoms with Gasteiger partial charge in [0.05, 0.1) is 12.1 Å². The first-order valence-electron chi connectivity index (χ1n) is 9.98. The first-order valence-corrected chi connectivity index (χ1v) is 10.8. The van der Waals surface area contributed by atoms with Crippen molar-refractivity contribution in [3.8, 4) is 0 Å². The van der Waals surface area contributed by atoms with Gasteiger partial charge in [0, 0.05) is 17.4 Å². The lowest BCUT2D eigenvalue weighted by Crippen LogP contribution is -2.58. The Kier molecular flexibility index (Phi) is 6.16. The average molecular weight is 495 g/mol. The zero-order chi connectivity index (χ0) is 23.1. The fourth-order valence-electron chi connectivity index (χ4n) is 3.95. The smallest absolute Gasteiger partial charge is 0.405 e. The number of carbonyl (C=O) groups is 3. The molecule has 1 saturated heterocycles. The number of halogens is 1. The quantitative estimate of drug-likeness (QED) is 0.504. The Morgan fingerprint density at radius 3 is 2.48 bits per heavy atom. The van der Waals surface area contributed by atoms with E-state index in [4.69, 9.17) is 0 Å². The molecule has 0 bridgehead atoms. The molecule has 0 aromatic heterocycles. The van der Waals surface area contributed by atoms with Gasteiger partial charge in [-0.25, -0.2) is 4.79 Å². The molecule has 2 aliphatic heterocycles. The van der Waals surface area contributed by atoms with Gasteiger partial charge in [0.2, 0.25) is 5.91 Å². The van der Waals surface area contributed by atoms with Crippen LogP contribution in [0.3, 0.4) is 0 Å². The highest BCUT2D eigenvalue weighted by Gasteiger charge is 2.49. The van der Waals surface area contributed by atoms with Crippen molar-refractivity contribution >= 4 is 39.7 Å². The first-order chi connectivity index (χ1) is 14.3. The second kappa shape index (κ2) is 8.23. The summed E-state index contributed by atoms with van der Waals surface area (Å²) in [6, 6.07) is 5.60. The van der Waals surface area contributed by atoms with Gasteiger partial charge in [0.15, 0.2) is 0 Å². The number of nitrogens with zero attached hydrogens (tertiary/aromatic N) is 2. The molecular weight excluding hydrogens is 468 g/mol. The predicted molar refractivity (Wildman–Crippen MR) is 118 cm³/mol. The van der Waals surface area contributed by atoms with Gasteiger partial charge >= 0.3 is 6.09 Å². The molecule has 4 atom stereocenters. The first kappa shape index (κ1) is 23.2. The number of carbonyl (C=O) groups excluding carboxylic acids is 2. The molecule has 0 aliphatic carbocycles. The normalized spacial score (nSPS) is 27.0. The standard InChI is InChI=1S/C21H27BrN4O5/c1-20(2,3)15(23-19(30)31)17(28)26-10-13(27)9-14(26)16-24-18(29)21(4,25-16)11-5-7-12(22)8-6-11/h5-8,13-15,23,27H,9-10H2,1-4H3,(H,30,31)(H,24,25,29)/t13-,14?,15?,21?/m1/s1. The van der Waals surface area contributed by atoms with Gasteiger partial charge < -0.3 is 25.7 Å². The maximum atomic E-state index is 13.3. The molecule has 3 rings (SSSR count). The van der Waals surface area contributed by atoms with Gasteiger partial charge in [-0.15, -0.1) is 0 Å². The highest BCUT2D eigenvalue weighted by Crippen LogP contribution is 2.32. The largest absolute Gasteiger partial charge is 0.465 e. The highest BCUT2D eigenvalue weighted by molar-refractivity contribution is 9.10. The van der Waals surface area contributed by atoms with Gasteiger partial charge in [0.1, 0.15) is 17.4 Å². The maximum Gasteiger partial charge on any atom is 0.405 e. The molecule has 0 radical (unpaired) electrons. The number of aliphatic hydroxyl groups is 1. The zero-order valence-corrected chi connectivity index (χ0v) is 19.4. The fraction of sp³-hybridized carbons (Fsp3) is 0.524. The lowest BCUT2D eigenvalue weighted by atomic mass is 9.85. The van der Waals surface area contributed by atoms with E-state index in [9.17, 15) is 24.6 Å². The van der Waals surface area contributed by atoms with E-state index in [1.165, 1.54) is 4.90 Å². The summed E-state index contributed by atoms with van der Waals surface area (Å²) in [5, 5.41) is 24.9. The summed E-state index contributed by atoms with van der Waals surface area (Å²) in [6.07, 6.45) is -1.91. The summed E-state index contributed by atoms with van der Waals surface area (Å²) in [6.45, 7) is 7.02. The molecule has 168 valence electrons. The number of likely N-dealkylation sites (tertiary alicyclic amines) is 1. The Morgan fingerprint density at radius 1 is 1.32 bits per heavy atom. The summed E-state index contributed by atoms with van der Waals surface area (Å²) in [7, 11) is 0. The summed E-state index contributed by atoms with van der Waals surface area (Å²) in [5.74, 6) is -0.566. The number of hydrogen-bond donors (Lipinski definition) is 4. The zero-order valence-electron chi connectivity index (χ0n) is 17.8. The van der Waals surface area contributed by atoms with Gasteiger partial charge in [-0.3, -0.25) is 9.59 Å². The van der Waals surface area contributed by atoms with Gasteiger partial charge in [-0.1, -0.05) is 48.8 Å². The molecule has 10 heteroatoms. The number of aliphatic imine (C=N–C) groups is 1. The Labute approximate surface area is 189 Å². The number of β-amino-alcohol motifs (C(OH)–C–C–N with tert-alkyl or cyclic N) is 1. The molecule has 31 heavy (non-hydrogen) atoms. The van der Waals surface area contributed by atoms with E-state index >= 15 is 0 Å². The van der Waals surface area contributed by atoms with E-state index in [0.29, 0.717) is 5.84 Å². The Morgan fingerprint density at radius 2 is 1.94 bits per heavy atom. The van der Waals surface area contributed by atoms with Crippen molar-refractivity contribution < 1.29 is 24.6 Å². The monoisotopic (exact) mass is 494 g/mol. The predicted octanol–water partition coefficient (Wildman–Crippen LogP) is 1.84. The van der Waals surface area contributed by atoms with E-state index in [0.717, 1.165) is 10.0 Å². The minimum Gasteiger partial charge on any atom is -0.465 e. The van der Waals surface area contributed by atoms with Crippen LogP contribution in [0.1, 0.15) is 39.7 Å². The van der Waals surface area contributed by atoms with E-state index in [1.807, 2.05) is 24.3 Å². The highest BCUT2D eigenvalue weighted by atomic mass is 79.9. The molecule has 4 N–H and O–H groups in total. The molecule has 1 aromatic carbocycles. The van der Waals surface area contributed by atoms with Crippen molar-refractivity contribution in [2.45, 2.75) is 57.8 Å². The van der Waals surface area contributed by atoms with Crippen LogP contribution < -0.4 is 10.6 Å². The Balaban J connectivity index is 1.88. The van der Waals surface area contributed by atoms with Crippen LogP contribution >= 0.6 is 15.9 Å². The molecule has 3 amide bonds. The number of benzene rings is 1. The molecule has 3 unspecified atom stereocenters. The van der Waals surface area contributed by atoms with Crippen molar-refractivity contribution in [1.82, 2.24) is 15.5 Å². The molecule has 1 fully saturated rings. The molecule has 2 aliphatic rings. The van der Waals surface area contributed by atoms with Crippen LogP contribution in [0.25, 0.3) is 0 Å². The summed E-state index contributed by atoms with van der Waals surface area (Å²) >= 11 is 3.38. The third-order valence-corrected chi connectivity index (χ3v) is 6.24. The minimum absolute atomic E-state index is 0.0290. The summed E-state index contributed by atoms with van der Waals surface area (Å²) in [5.41, 5.74) is -1.07. The molecular formula is C21H27BrN4O5. The van der Waals surface area contributed by atoms with Crippen molar-refractivity contribution in [1.29, 1.82) is 0 Å². The van der Waals surface area contributed by atoms with Crippen molar-refractivity contribution in [3.63, 3.8) is 0 Å². The van der Waals surface area contributed by atoms with E-state index in [-0.39, 0.29) is 13.0 Å². The third-order valence-electron chi connectivity index (χ3n) is 5.71. The van der Waals surface area contributed by atoms with Crippen LogP contribution in [0.15, 0.2) is 33.7 Å². The van der Waals surface area contributed by atoms with Crippen LogP contribution in [-0.2, 0) is 15.1 Å². The maximum absolute atomic E-state index is 13.3. The summed E-state index contributed by atoms with van der Waals surface area (Å²) < 4.78 is 0.876. The Bertz CT molecular complexity index is 927. The van der Waals surface area contributed by atoms with Crippen molar-refractivity contribution in [2.24, 2.45) is 10.4 Å². The van der Waals surface area contributed by atoms with Crippen LogP contribution in [-0.4, -0.2) is 63.6 Å². The topological polar surface area (TPSA) is 131 Å². The molecule has 0 saturated carbocycles. The second-order valence-corrected chi connectivity index (χ2v) is 10.1. The summed E-state index contributed by atoms with van der Waals surface area (Å²) in [4.78, 5) is 43.0. The fourth-order valence-corrected chi connectivity index (χ4v) is 4.21. The van der Waals surface area contributed by atoms with Crippen molar-refractivity contribution in [2.75, 3.05) is 6.54 Å². The molecule has 1 aromatic rings. The number of amidine groups is 1. The Hall–Kier alpha value is -2.46. The van der Waals surface area contributed by atoms with Gasteiger partial charge in [0.25, 0.3) is 5.91 Å². The van der Waals surface area contributed by atoms with Gasteiger partial charge in [-0.05, 0) is 30.0 Å².